The van der Waals surface area contributed by atoms with E-state index in [-0.39, 0.29) is 36.2 Å². The van der Waals surface area contributed by atoms with Gasteiger partial charge in [-0.15, -0.1) is 0 Å². The first-order chi connectivity index (χ1) is 14.2. The third-order valence-electron chi connectivity index (χ3n) is 5.19. The minimum Gasteiger partial charge on any atom is -0.478 e. The molecule has 0 aliphatic heterocycles. The summed E-state index contributed by atoms with van der Waals surface area (Å²) >= 11 is 0. The van der Waals surface area contributed by atoms with Gasteiger partial charge in [-0.25, -0.2) is 4.79 Å². The van der Waals surface area contributed by atoms with Gasteiger partial charge >= 0.3 is 5.97 Å². The van der Waals surface area contributed by atoms with Gasteiger partial charge in [0.15, 0.2) is 0 Å². The van der Waals surface area contributed by atoms with Crippen molar-refractivity contribution in [3.63, 3.8) is 0 Å². The first kappa shape index (κ1) is 23.5. The normalized spacial score (nSPS) is 21.2. The summed E-state index contributed by atoms with van der Waals surface area (Å²) in [6, 6.07) is 5.35. The second kappa shape index (κ2) is 10.8. The lowest BCUT2D eigenvalue weighted by Gasteiger charge is -2.38. The summed E-state index contributed by atoms with van der Waals surface area (Å²) in [6.07, 6.45) is 2.64. The number of non-ortho nitro benzene ring substituents is 1. The molecule has 0 unspecified atom stereocenters. The molecule has 0 heterocycles. The number of hydrogen-bond acceptors (Lipinski definition) is 6. The number of carboxylic acid groups (broad SMARTS) is 1. The number of carboxylic acids is 1. The molecule has 30 heavy (non-hydrogen) atoms. The highest BCUT2D eigenvalue weighted by Gasteiger charge is 2.37. The van der Waals surface area contributed by atoms with Crippen LogP contribution in [0.5, 0.6) is 0 Å². The summed E-state index contributed by atoms with van der Waals surface area (Å²) < 4.78 is 6.13. The van der Waals surface area contributed by atoms with E-state index in [1.54, 1.807) is 18.2 Å². The number of nitro benzene ring substituents is 1. The molecular weight excluding hydrogens is 390 g/mol. The van der Waals surface area contributed by atoms with Crippen LogP contribution in [0, 0.1) is 10.1 Å². The third kappa shape index (κ3) is 6.36. The zero-order chi connectivity index (χ0) is 22.3. The highest BCUT2D eigenvalue weighted by molar-refractivity contribution is 5.87. The van der Waals surface area contributed by atoms with Gasteiger partial charge in [-0.2, -0.15) is 0 Å². The van der Waals surface area contributed by atoms with Gasteiger partial charge < -0.3 is 20.5 Å². The van der Waals surface area contributed by atoms with E-state index < -0.39 is 29.1 Å². The van der Waals surface area contributed by atoms with Gasteiger partial charge in [0.25, 0.3) is 5.69 Å². The fourth-order valence-electron chi connectivity index (χ4n) is 3.59. The van der Waals surface area contributed by atoms with Crippen LogP contribution in [0.2, 0.25) is 0 Å². The summed E-state index contributed by atoms with van der Waals surface area (Å²) in [6.45, 7) is 5.67. The Morgan fingerprint density at radius 3 is 2.60 bits per heavy atom. The van der Waals surface area contributed by atoms with Crippen LogP contribution in [0.25, 0.3) is 0 Å². The van der Waals surface area contributed by atoms with E-state index in [9.17, 15) is 24.8 Å². The third-order valence-corrected chi connectivity index (χ3v) is 5.19. The summed E-state index contributed by atoms with van der Waals surface area (Å²) in [5.74, 6) is -1.27. The van der Waals surface area contributed by atoms with Crippen LogP contribution >= 0.6 is 0 Å². The van der Waals surface area contributed by atoms with Gasteiger partial charge in [0.05, 0.1) is 23.2 Å². The lowest BCUT2D eigenvalue weighted by molar-refractivity contribution is -0.384. The number of rotatable bonds is 10. The molecule has 0 radical (unpaired) electrons. The van der Waals surface area contributed by atoms with Crippen molar-refractivity contribution < 1.29 is 24.4 Å². The summed E-state index contributed by atoms with van der Waals surface area (Å²) in [4.78, 5) is 34.0. The highest BCUT2D eigenvalue weighted by Crippen LogP contribution is 2.25. The fourth-order valence-corrected chi connectivity index (χ4v) is 3.59. The quantitative estimate of drug-likeness (QED) is 0.392. The van der Waals surface area contributed by atoms with Gasteiger partial charge in [0.1, 0.15) is 0 Å². The van der Waals surface area contributed by atoms with Crippen LogP contribution in [0.4, 0.5) is 5.69 Å². The number of carbonyl (C=O) groups is 2. The van der Waals surface area contributed by atoms with E-state index in [1.165, 1.54) is 19.1 Å². The van der Waals surface area contributed by atoms with Gasteiger partial charge in [-0.3, -0.25) is 14.9 Å². The lowest BCUT2D eigenvalue weighted by atomic mass is 9.87. The molecule has 1 aromatic carbocycles. The van der Waals surface area contributed by atoms with E-state index >= 15 is 0 Å². The molecular formula is C21H29N3O6. The molecule has 9 nitrogen and oxygen atoms in total. The van der Waals surface area contributed by atoms with Crippen LogP contribution in [0.1, 0.15) is 45.6 Å². The maximum atomic E-state index is 11.8. The Bertz CT molecular complexity index is 806. The predicted octanol–water partition coefficient (Wildman–Crippen LogP) is 2.55. The molecule has 1 aliphatic rings. The van der Waals surface area contributed by atoms with Crippen molar-refractivity contribution in [1.82, 2.24) is 10.6 Å². The number of hydrogen-bond donors (Lipinski definition) is 3. The van der Waals surface area contributed by atoms with Crippen LogP contribution in [-0.2, 0) is 20.9 Å². The Morgan fingerprint density at radius 2 is 2.03 bits per heavy atom. The zero-order valence-corrected chi connectivity index (χ0v) is 17.5. The minimum absolute atomic E-state index is 0.0163. The first-order valence-electron chi connectivity index (χ1n) is 10.1. The maximum Gasteiger partial charge on any atom is 0.331 e. The number of ether oxygens (including phenoxy) is 1. The largest absolute Gasteiger partial charge is 0.478 e. The van der Waals surface area contributed by atoms with Crippen LogP contribution in [0.3, 0.4) is 0 Å². The average Bonchev–Trinajstić information content (AvgIpc) is 2.71. The molecule has 1 amide bonds. The lowest BCUT2D eigenvalue weighted by Crippen LogP contribution is -2.58. The van der Waals surface area contributed by atoms with Gasteiger partial charge in [-0.1, -0.05) is 26.0 Å². The predicted molar refractivity (Wildman–Crippen MR) is 111 cm³/mol. The van der Waals surface area contributed by atoms with Crippen LogP contribution in [-0.4, -0.2) is 46.2 Å². The van der Waals surface area contributed by atoms with Crippen molar-refractivity contribution >= 4 is 17.6 Å². The Labute approximate surface area is 175 Å². The Hall–Kier alpha value is -2.78. The van der Waals surface area contributed by atoms with Crippen LogP contribution < -0.4 is 10.6 Å². The fraction of sp³-hybridized carbons (Fsp3) is 0.524. The second-order valence-corrected chi connectivity index (χ2v) is 7.38. The first-order valence-corrected chi connectivity index (χ1v) is 10.1. The van der Waals surface area contributed by atoms with Crippen molar-refractivity contribution in [2.24, 2.45) is 0 Å². The number of aliphatic carboxylic acids is 1. The van der Waals surface area contributed by atoms with Crippen molar-refractivity contribution in [1.29, 1.82) is 0 Å². The van der Waals surface area contributed by atoms with Gasteiger partial charge in [0.2, 0.25) is 5.91 Å². The minimum atomic E-state index is -1.03. The van der Waals surface area contributed by atoms with Crippen molar-refractivity contribution in [3.8, 4) is 0 Å². The van der Waals surface area contributed by atoms with Crippen molar-refractivity contribution in [2.45, 2.75) is 70.9 Å². The number of amides is 1. The van der Waals surface area contributed by atoms with Crippen molar-refractivity contribution in [2.75, 3.05) is 0 Å². The Balaban J connectivity index is 2.26. The number of nitrogens with one attached hydrogen (secondary N) is 2. The summed E-state index contributed by atoms with van der Waals surface area (Å²) in [5.41, 5.74) is 0.885. The molecule has 0 bridgehead atoms. The molecule has 0 spiro atoms. The molecule has 3 N–H and O–H groups in total. The summed E-state index contributed by atoms with van der Waals surface area (Å²) in [5, 5.41) is 26.7. The molecule has 0 fully saturated rings. The molecule has 3 atom stereocenters. The standard InChI is InChI=1S/C21H29N3O6/c1-4-17(5-2)30-19-11-15(21(26)27)10-18(20(19)23-13(3)25)22-12-14-7-6-8-16(9-14)24(28)29/h6-9,11,17-20,22H,4-5,10,12H2,1-3H3,(H,23,25)(H,26,27)/t18-,19+,20+/m0/s1. The molecule has 1 aromatic rings. The molecule has 0 aromatic heterocycles. The van der Waals surface area contributed by atoms with Gasteiger partial charge in [0, 0.05) is 37.2 Å². The molecule has 0 saturated carbocycles. The number of nitrogens with zero attached hydrogens (tertiary/aromatic N) is 1. The Kier molecular flexibility index (Phi) is 8.49. The number of carbonyl (C=O) groups excluding carboxylic acids is 1. The number of benzene rings is 1. The summed E-state index contributed by atoms with van der Waals surface area (Å²) in [7, 11) is 0. The monoisotopic (exact) mass is 419 g/mol. The maximum absolute atomic E-state index is 11.8. The van der Waals surface area contributed by atoms with E-state index in [1.807, 2.05) is 13.8 Å². The van der Waals surface area contributed by atoms with E-state index in [0.29, 0.717) is 5.56 Å². The zero-order valence-electron chi connectivity index (χ0n) is 17.5. The molecule has 1 aliphatic carbocycles. The molecule has 0 saturated heterocycles. The topological polar surface area (TPSA) is 131 Å². The second-order valence-electron chi connectivity index (χ2n) is 7.38. The molecule has 2 rings (SSSR count). The van der Waals surface area contributed by atoms with E-state index in [4.69, 9.17) is 4.74 Å². The SMILES string of the molecule is CCC(CC)O[C@@H]1C=C(C(=O)O)C[C@H](NCc2cccc([N+](=O)[O-])c2)[C@H]1NC(C)=O. The average molecular weight is 419 g/mol. The highest BCUT2D eigenvalue weighted by atomic mass is 16.6. The van der Waals surface area contributed by atoms with Gasteiger partial charge in [-0.05, 0) is 30.9 Å². The Morgan fingerprint density at radius 1 is 1.33 bits per heavy atom. The molecule has 9 heteroatoms. The molecule has 164 valence electrons. The van der Waals surface area contributed by atoms with E-state index in [2.05, 4.69) is 10.6 Å². The van der Waals surface area contributed by atoms with E-state index in [0.717, 1.165) is 12.8 Å². The van der Waals surface area contributed by atoms with Crippen LogP contribution in [0.15, 0.2) is 35.9 Å². The van der Waals surface area contributed by atoms with Crippen molar-refractivity contribution in [3.05, 3.63) is 51.6 Å². The number of nitro groups is 1. The smallest absolute Gasteiger partial charge is 0.331 e.